The molecule has 3 amide bonds. The number of cyclic esters (lactones) is 1. The number of benzene rings is 3. The van der Waals surface area contributed by atoms with Crippen LogP contribution < -0.4 is 15.1 Å². The van der Waals surface area contributed by atoms with Gasteiger partial charge in [-0.3, -0.25) is 19.4 Å². The van der Waals surface area contributed by atoms with E-state index in [9.17, 15) is 38.1 Å². The number of hydrogen-bond donors (Lipinski definition) is 1. The van der Waals surface area contributed by atoms with Gasteiger partial charge in [0.1, 0.15) is 18.5 Å². The summed E-state index contributed by atoms with van der Waals surface area (Å²) < 4.78 is 47.2. The SMILES string of the molecule is N#Cc1cc(F)cc(N(C(=O)[C@@H]2COC(=O)N2c2cccc(C#N)c2)[C@H](C(=O)NC2CC(F)(F)C2)c2ccccc2Cl)c1. The average Bonchev–Trinajstić information content (AvgIpc) is 3.35. The predicted molar refractivity (Wildman–Crippen MR) is 148 cm³/mol. The van der Waals surface area contributed by atoms with E-state index in [4.69, 9.17) is 16.3 Å². The Bertz CT molecular complexity index is 1700. The van der Waals surface area contributed by atoms with Gasteiger partial charge < -0.3 is 10.1 Å². The normalized spacial score (nSPS) is 18.0. The molecule has 5 rings (SSSR count). The Balaban J connectivity index is 1.65. The van der Waals surface area contributed by atoms with Gasteiger partial charge in [-0.2, -0.15) is 10.5 Å². The van der Waals surface area contributed by atoms with Crippen LogP contribution in [0.3, 0.4) is 0 Å². The highest BCUT2D eigenvalue weighted by atomic mass is 35.5. The number of ether oxygens (including phenoxy) is 1. The van der Waals surface area contributed by atoms with Crippen molar-refractivity contribution in [3.63, 3.8) is 0 Å². The summed E-state index contributed by atoms with van der Waals surface area (Å²) in [6.07, 6.45) is -2.15. The van der Waals surface area contributed by atoms with Crippen molar-refractivity contribution in [2.45, 2.75) is 36.9 Å². The Kier molecular flexibility index (Phi) is 7.98. The molecule has 0 aromatic heterocycles. The number of amides is 3. The minimum atomic E-state index is -2.96. The molecule has 0 spiro atoms. The van der Waals surface area contributed by atoms with Crippen LogP contribution >= 0.6 is 11.6 Å². The molecule has 13 heteroatoms. The Morgan fingerprint density at radius 3 is 2.44 bits per heavy atom. The topological polar surface area (TPSA) is 127 Å². The second-order valence-corrected chi connectivity index (χ2v) is 10.4. The number of carbonyl (C=O) groups is 3. The van der Waals surface area contributed by atoms with Crippen molar-refractivity contribution in [3.05, 3.63) is 94.3 Å². The lowest BCUT2D eigenvalue weighted by Gasteiger charge is -2.39. The van der Waals surface area contributed by atoms with Crippen molar-refractivity contribution in [3.8, 4) is 12.1 Å². The molecule has 2 atom stereocenters. The minimum absolute atomic E-state index is 0.0358. The van der Waals surface area contributed by atoms with Gasteiger partial charge in [-0.25, -0.2) is 18.0 Å². The number of nitriles is 2. The van der Waals surface area contributed by atoms with Crippen LogP contribution in [-0.2, 0) is 14.3 Å². The van der Waals surface area contributed by atoms with Crippen LogP contribution in [0.2, 0.25) is 5.02 Å². The number of halogens is 4. The van der Waals surface area contributed by atoms with Gasteiger partial charge in [-0.1, -0.05) is 35.9 Å². The van der Waals surface area contributed by atoms with Crippen molar-refractivity contribution < 1.29 is 32.3 Å². The molecule has 0 unspecified atom stereocenters. The zero-order valence-corrected chi connectivity index (χ0v) is 22.9. The summed E-state index contributed by atoms with van der Waals surface area (Å²) in [5, 5.41) is 21.4. The van der Waals surface area contributed by atoms with E-state index in [1.807, 2.05) is 6.07 Å². The van der Waals surface area contributed by atoms with Crippen LogP contribution in [0.5, 0.6) is 0 Å². The lowest BCUT2D eigenvalue weighted by molar-refractivity contribution is -0.133. The third-order valence-corrected chi connectivity index (χ3v) is 7.43. The van der Waals surface area contributed by atoms with Gasteiger partial charge >= 0.3 is 6.09 Å². The molecule has 1 saturated heterocycles. The Hall–Kier alpha value is -5.07. The molecule has 1 N–H and O–H groups in total. The monoisotopic (exact) mass is 607 g/mol. The maximum Gasteiger partial charge on any atom is 0.415 e. The van der Waals surface area contributed by atoms with E-state index >= 15 is 0 Å². The van der Waals surface area contributed by atoms with E-state index in [0.29, 0.717) is 0 Å². The third kappa shape index (κ3) is 5.96. The summed E-state index contributed by atoms with van der Waals surface area (Å²) >= 11 is 6.48. The molecule has 2 aliphatic rings. The van der Waals surface area contributed by atoms with Crippen LogP contribution in [0.25, 0.3) is 0 Å². The molecule has 3 aromatic rings. The van der Waals surface area contributed by atoms with E-state index in [-0.39, 0.29) is 33.1 Å². The Morgan fingerprint density at radius 1 is 1.05 bits per heavy atom. The highest BCUT2D eigenvalue weighted by Crippen LogP contribution is 2.39. The van der Waals surface area contributed by atoms with Gasteiger partial charge in [-0.15, -0.1) is 0 Å². The number of rotatable bonds is 7. The van der Waals surface area contributed by atoms with Crippen LogP contribution in [0.15, 0.2) is 66.7 Å². The molecule has 1 heterocycles. The number of hydrogen-bond acceptors (Lipinski definition) is 6. The van der Waals surface area contributed by atoms with Crippen LogP contribution in [0.4, 0.5) is 29.3 Å². The first-order valence-electron chi connectivity index (χ1n) is 12.9. The number of anilines is 2. The van der Waals surface area contributed by atoms with Gasteiger partial charge in [0.05, 0.1) is 23.3 Å². The van der Waals surface area contributed by atoms with Crippen LogP contribution in [-0.4, -0.2) is 42.5 Å². The van der Waals surface area contributed by atoms with Crippen molar-refractivity contribution in [1.82, 2.24) is 5.32 Å². The molecule has 0 radical (unpaired) electrons. The van der Waals surface area contributed by atoms with Gasteiger partial charge in [0.25, 0.3) is 11.8 Å². The highest BCUT2D eigenvalue weighted by molar-refractivity contribution is 6.31. The third-order valence-electron chi connectivity index (χ3n) is 7.08. The van der Waals surface area contributed by atoms with E-state index in [0.717, 1.165) is 21.9 Å². The second kappa shape index (κ2) is 11.7. The quantitative estimate of drug-likeness (QED) is 0.392. The average molecular weight is 608 g/mol. The number of alkyl halides is 2. The lowest BCUT2D eigenvalue weighted by atomic mass is 9.87. The molecule has 1 aliphatic heterocycles. The lowest BCUT2D eigenvalue weighted by Crippen LogP contribution is -2.56. The zero-order valence-electron chi connectivity index (χ0n) is 22.1. The molecule has 1 saturated carbocycles. The zero-order chi connectivity index (χ0) is 30.9. The smallest absolute Gasteiger partial charge is 0.415 e. The molecule has 9 nitrogen and oxygen atoms in total. The summed E-state index contributed by atoms with van der Waals surface area (Å²) in [4.78, 5) is 43.1. The largest absolute Gasteiger partial charge is 0.446 e. The first-order valence-corrected chi connectivity index (χ1v) is 13.3. The fourth-order valence-corrected chi connectivity index (χ4v) is 5.33. The second-order valence-electron chi connectivity index (χ2n) is 10.0. The van der Waals surface area contributed by atoms with Gasteiger partial charge in [0, 0.05) is 40.8 Å². The molecule has 1 aliphatic carbocycles. The summed E-state index contributed by atoms with van der Waals surface area (Å²) in [5.74, 6) is -5.69. The van der Waals surface area contributed by atoms with Crippen LogP contribution in [0.1, 0.15) is 35.6 Å². The molecule has 43 heavy (non-hydrogen) atoms. The van der Waals surface area contributed by atoms with Crippen LogP contribution in [0, 0.1) is 28.5 Å². The maximum atomic E-state index is 14.8. The Morgan fingerprint density at radius 2 is 1.77 bits per heavy atom. The predicted octanol–water partition coefficient (Wildman–Crippen LogP) is 5.24. The standard InChI is InChI=1S/C30H21ClF3N5O4/c31-24-7-2-1-6-23(24)26(27(40)37-20-12-30(33,34)13-20)39(22-10-18(15-36)8-19(32)11-22)28(41)25-16-43-29(42)38(25)21-5-3-4-17(9-21)14-35/h1-11,20,25-26H,12-13,16H2,(H,37,40)/t25-,26-/m0/s1. The van der Waals surface area contributed by atoms with Crippen molar-refractivity contribution >= 4 is 40.9 Å². The minimum Gasteiger partial charge on any atom is -0.446 e. The molecular formula is C30H21ClF3N5O4. The maximum absolute atomic E-state index is 14.8. The van der Waals surface area contributed by atoms with E-state index in [1.165, 1.54) is 48.5 Å². The fourth-order valence-electron chi connectivity index (χ4n) is 5.09. The summed E-state index contributed by atoms with van der Waals surface area (Å²) in [7, 11) is 0. The summed E-state index contributed by atoms with van der Waals surface area (Å²) in [5.41, 5.74) is 0.00164. The summed E-state index contributed by atoms with van der Waals surface area (Å²) in [6, 6.07) is 14.6. The first kappa shape index (κ1) is 29.4. The van der Waals surface area contributed by atoms with Crippen molar-refractivity contribution in [1.29, 1.82) is 10.5 Å². The van der Waals surface area contributed by atoms with Crippen molar-refractivity contribution in [2.75, 3.05) is 16.4 Å². The van der Waals surface area contributed by atoms with Gasteiger partial charge in [0.15, 0.2) is 6.04 Å². The van der Waals surface area contributed by atoms with E-state index in [2.05, 4.69) is 5.32 Å². The fraction of sp³-hybridized carbons (Fsp3) is 0.233. The molecular weight excluding hydrogens is 587 g/mol. The summed E-state index contributed by atoms with van der Waals surface area (Å²) in [6.45, 7) is -0.475. The Labute approximate surface area is 248 Å². The van der Waals surface area contributed by atoms with E-state index in [1.54, 1.807) is 12.1 Å². The number of nitrogens with one attached hydrogen (secondary N) is 1. The first-order chi connectivity index (χ1) is 20.5. The molecule has 0 bridgehead atoms. The molecule has 3 aromatic carbocycles. The number of nitrogens with zero attached hydrogens (tertiary/aromatic N) is 4. The van der Waals surface area contributed by atoms with E-state index < -0.39 is 67.2 Å². The molecule has 218 valence electrons. The van der Waals surface area contributed by atoms with Gasteiger partial charge in [0.2, 0.25) is 5.91 Å². The molecule has 2 fully saturated rings. The highest BCUT2D eigenvalue weighted by Gasteiger charge is 2.49. The number of carbonyl (C=O) groups excluding carboxylic acids is 3. The van der Waals surface area contributed by atoms with Gasteiger partial charge in [-0.05, 0) is 42.5 Å². The van der Waals surface area contributed by atoms with Crippen molar-refractivity contribution in [2.24, 2.45) is 0 Å².